The third-order valence-corrected chi connectivity index (χ3v) is 7.52. The largest absolute Gasteiger partial charge is 0.104 e. The van der Waals surface area contributed by atoms with E-state index >= 15 is 0 Å². The zero-order chi connectivity index (χ0) is 12.3. The van der Waals surface area contributed by atoms with Gasteiger partial charge in [0.2, 0.25) is 0 Å². The van der Waals surface area contributed by atoms with Gasteiger partial charge in [-0.15, -0.1) is 7.92 Å². The summed E-state index contributed by atoms with van der Waals surface area (Å²) in [5, 5.41) is 0. The van der Waals surface area contributed by atoms with Crippen LogP contribution in [0, 0.1) is 0 Å². The second-order valence-corrected chi connectivity index (χ2v) is 8.54. The molecule has 1 saturated carbocycles. The molecule has 0 aliphatic heterocycles. The highest BCUT2D eigenvalue weighted by Crippen LogP contribution is 2.49. The number of hydrogen-bond acceptors (Lipinski definition) is 0. The summed E-state index contributed by atoms with van der Waals surface area (Å²) in [5.74, 6) is 0. The Hall–Kier alpha value is 0.430. The van der Waals surface area contributed by atoms with Crippen molar-refractivity contribution in [2.24, 2.45) is 0 Å². The molecule has 1 aliphatic carbocycles. The van der Waals surface area contributed by atoms with E-state index in [-0.39, 0.29) is 0 Å². The van der Waals surface area contributed by atoms with Crippen LogP contribution in [0.5, 0.6) is 0 Å². The monoisotopic (exact) mass is 256 g/mol. The normalized spacial score (nSPS) is 17.8. The molecule has 0 N–H and O–H groups in total. The quantitative estimate of drug-likeness (QED) is 0.341. The predicted molar refractivity (Wildman–Crippen MR) is 82.6 cm³/mol. The van der Waals surface area contributed by atoms with E-state index < -0.39 is 0 Å². The van der Waals surface area contributed by atoms with E-state index in [4.69, 9.17) is 0 Å². The van der Waals surface area contributed by atoms with Crippen molar-refractivity contribution in [1.29, 1.82) is 0 Å². The van der Waals surface area contributed by atoms with Crippen LogP contribution in [0.1, 0.15) is 84.5 Å². The Labute approximate surface area is 111 Å². The van der Waals surface area contributed by atoms with Crippen LogP contribution >= 0.6 is 7.92 Å². The molecule has 1 rings (SSSR count). The van der Waals surface area contributed by atoms with Crippen molar-refractivity contribution >= 4 is 7.92 Å². The lowest BCUT2D eigenvalue weighted by atomic mass is 10.0. The number of rotatable bonds is 9. The molecule has 0 aromatic heterocycles. The van der Waals surface area contributed by atoms with E-state index in [2.05, 4.69) is 13.8 Å². The maximum Gasteiger partial charge on any atom is -0.0209 e. The molecule has 0 spiro atoms. The second kappa shape index (κ2) is 10.4. The summed E-state index contributed by atoms with van der Waals surface area (Å²) < 4.78 is 0. The molecule has 0 radical (unpaired) electrons. The van der Waals surface area contributed by atoms with Crippen LogP contribution in [-0.2, 0) is 0 Å². The first-order chi connectivity index (χ1) is 8.38. The molecule has 1 fully saturated rings. The van der Waals surface area contributed by atoms with Gasteiger partial charge < -0.3 is 0 Å². The van der Waals surface area contributed by atoms with Crippen LogP contribution in [0.25, 0.3) is 0 Å². The standard InChI is InChI=1S/C16H33P/c1-3-5-10-14-17(15-11-6-4-2)16-12-8-7-9-13-16/h16H,3-15H2,1-2H3. The lowest BCUT2D eigenvalue weighted by Gasteiger charge is -2.31. The SMILES string of the molecule is CCCCCP(CCCCC)C1CCCCC1. The second-order valence-electron chi connectivity index (χ2n) is 5.74. The van der Waals surface area contributed by atoms with Crippen molar-refractivity contribution in [3.05, 3.63) is 0 Å². The summed E-state index contributed by atoms with van der Waals surface area (Å²) in [7, 11) is 0.398. The minimum Gasteiger partial charge on any atom is -0.104 e. The van der Waals surface area contributed by atoms with E-state index in [9.17, 15) is 0 Å². The summed E-state index contributed by atoms with van der Waals surface area (Å²) in [6.45, 7) is 4.67. The molecule has 0 saturated heterocycles. The van der Waals surface area contributed by atoms with Crippen LogP contribution in [0.4, 0.5) is 0 Å². The molecule has 0 unspecified atom stereocenters. The first kappa shape index (κ1) is 15.5. The highest BCUT2D eigenvalue weighted by atomic mass is 31.1. The van der Waals surface area contributed by atoms with Crippen molar-refractivity contribution in [3.63, 3.8) is 0 Å². The Kier molecular flexibility index (Phi) is 9.44. The highest BCUT2D eigenvalue weighted by Gasteiger charge is 2.22. The molecule has 0 aromatic rings. The molecule has 0 bridgehead atoms. The molecule has 0 atom stereocenters. The van der Waals surface area contributed by atoms with Crippen molar-refractivity contribution in [3.8, 4) is 0 Å². The van der Waals surface area contributed by atoms with Gasteiger partial charge in [-0.3, -0.25) is 0 Å². The molecule has 0 amide bonds. The lowest BCUT2D eigenvalue weighted by molar-refractivity contribution is 0.509. The van der Waals surface area contributed by atoms with Crippen LogP contribution in [0.3, 0.4) is 0 Å². The van der Waals surface area contributed by atoms with Crippen molar-refractivity contribution in [1.82, 2.24) is 0 Å². The summed E-state index contributed by atoms with van der Waals surface area (Å²) in [6.07, 6.45) is 19.7. The van der Waals surface area contributed by atoms with E-state index in [1.165, 1.54) is 57.8 Å². The topological polar surface area (TPSA) is 0 Å². The van der Waals surface area contributed by atoms with Crippen molar-refractivity contribution in [2.75, 3.05) is 12.3 Å². The Morgan fingerprint density at radius 1 is 0.765 bits per heavy atom. The van der Waals surface area contributed by atoms with Gasteiger partial charge in [0.1, 0.15) is 0 Å². The molecule has 1 aliphatic rings. The van der Waals surface area contributed by atoms with Crippen LogP contribution in [-0.4, -0.2) is 18.0 Å². The van der Waals surface area contributed by atoms with Crippen LogP contribution in [0.15, 0.2) is 0 Å². The molecule has 1 heteroatoms. The average Bonchev–Trinajstić information content (AvgIpc) is 2.38. The summed E-state index contributed by atoms with van der Waals surface area (Å²) in [5.41, 5.74) is 1.16. The first-order valence-electron chi connectivity index (χ1n) is 8.12. The lowest BCUT2D eigenvalue weighted by Crippen LogP contribution is -2.14. The molecular weight excluding hydrogens is 223 g/mol. The average molecular weight is 256 g/mol. The Morgan fingerprint density at radius 3 is 1.76 bits per heavy atom. The van der Waals surface area contributed by atoms with Gasteiger partial charge in [-0.05, 0) is 43.7 Å². The minimum atomic E-state index is 0.398. The molecule has 17 heavy (non-hydrogen) atoms. The van der Waals surface area contributed by atoms with Gasteiger partial charge in [0, 0.05) is 0 Å². The van der Waals surface area contributed by atoms with Crippen molar-refractivity contribution in [2.45, 2.75) is 90.1 Å². The van der Waals surface area contributed by atoms with Gasteiger partial charge in [0.05, 0.1) is 0 Å². The Morgan fingerprint density at radius 2 is 1.29 bits per heavy atom. The van der Waals surface area contributed by atoms with E-state index in [1.807, 2.05) is 0 Å². The van der Waals surface area contributed by atoms with E-state index in [1.54, 1.807) is 25.2 Å². The fraction of sp³-hybridized carbons (Fsp3) is 1.00. The van der Waals surface area contributed by atoms with Crippen molar-refractivity contribution < 1.29 is 0 Å². The molecule has 0 nitrogen and oxygen atoms in total. The maximum absolute atomic E-state index is 2.33. The molecule has 0 heterocycles. The van der Waals surface area contributed by atoms with Crippen LogP contribution in [0.2, 0.25) is 0 Å². The van der Waals surface area contributed by atoms with E-state index in [0.717, 1.165) is 5.66 Å². The van der Waals surface area contributed by atoms with Crippen LogP contribution < -0.4 is 0 Å². The fourth-order valence-electron chi connectivity index (χ4n) is 3.05. The highest BCUT2D eigenvalue weighted by molar-refractivity contribution is 7.58. The third-order valence-electron chi connectivity index (χ3n) is 4.19. The molecular formula is C16H33P. The fourth-order valence-corrected chi connectivity index (χ4v) is 6.36. The van der Waals surface area contributed by atoms with Gasteiger partial charge in [-0.1, -0.05) is 58.8 Å². The van der Waals surface area contributed by atoms with Gasteiger partial charge in [-0.25, -0.2) is 0 Å². The predicted octanol–water partition coefficient (Wildman–Crippen LogP) is 6.18. The van der Waals surface area contributed by atoms with E-state index in [0.29, 0.717) is 7.92 Å². The summed E-state index contributed by atoms with van der Waals surface area (Å²) >= 11 is 0. The minimum absolute atomic E-state index is 0.398. The summed E-state index contributed by atoms with van der Waals surface area (Å²) in [6, 6.07) is 0. The molecule has 102 valence electrons. The Bertz CT molecular complexity index is 151. The molecule has 0 aromatic carbocycles. The smallest absolute Gasteiger partial charge is 0.0209 e. The number of unbranched alkanes of at least 4 members (excludes halogenated alkanes) is 4. The summed E-state index contributed by atoms with van der Waals surface area (Å²) in [4.78, 5) is 0. The Balaban J connectivity index is 2.27. The van der Waals surface area contributed by atoms with Gasteiger partial charge >= 0.3 is 0 Å². The van der Waals surface area contributed by atoms with Gasteiger partial charge in [-0.2, -0.15) is 0 Å². The number of hydrogen-bond donors (Lipinski definition) is 0. The third kappa shape index (κ3) is 6.80. The van der Waals surface area contributed by atoms with Gasteiger partial charge in [0.25, 0.3) is 0 Å². The van der Waals surface area contributed by atoms with Gasteiger partial charge in [0.15, 0.2) is 0 Å². The maximum atomic E-state index is 2.33. The zero-order valence-electron chi connectivity index (χ0n) is 12.2. The zero-order valence-corrected chi connectivity index (χ0v) is 13.1. The first-order valence-corrected chi connectivity index (χ1v) is 9.90.